The Morgan fingerprint density at radius 1 is 1.56 bits per heavy atom. The standard InChI is InChI=1S/C12H24N2O2/c1-9(2)6-10(7-13)12(15)14(3)11-4-5-16-8-11/h9-11H,4-8,13H2,1-3H3. The van der Waals surface area contributed by atoms with E-state index >= 15 is 0 Å². The quantitative estimate of drug-likeness (QED) is 0.759. The highest BCUT2D eigenvalue weighted by atomic mass is 16.5. The number of nitrogens with two attached hydrogens (primary N) is 1. The van der Waals surface area contributed by atoms with Crippen LogP contribution in [0.2, 0.25) is 0 Å². The van der Waals surface area contributed by atoms with Gasteiger partial charge in [0.2, 0.25) is 5.91 Å². The van der Waals surface area contributed by atoms with Crippen LogP contribution < -0.4 is 5.73 Å². The Kier molecular flexibility index (Phi) is 5.22. The third-order valence-corrected chi connectivity index (χ3v) is 3.19. The number of amides is 1. The molecule has 1 heterocycles. The van der Waals surface area contributed by atoms with Crippen LogP contribution in [0, 0.1) is 11.8 Å². The highest BCUT2D eigenvalue weighted by molar-refractivity contribution is 5.79. The summed E-state index contributed by atoms with van der Waals surface area (Å²) >= 11 is 0. The van der Waals surface area contributed by atoms with Gasteiger partial charge in [-0.1, -0.05) is 13.8 Å². The molecule has 16 heavy (non-hydrogen) atoms. The first-order valence-corrected chi connectivity index (χ1v) is 6.10. The second-order valence-electron chi connectivity index (χ2n) is 5.03. The van der Waals surface area contributed by atoms with Crippen molar-refractivity contribution in [2.75, 3.05) is 26.8 Å². The fourth-order valence-corrected chi connectivity index (χ4v) is 2.16. The van der Waals surface area contributed by atoms with Gasteiger partial charge in [0.05, 0.1) is 18.6 Å². The molecule has 0 aromatic rings. The molecule has 2 N–H and O–H groups in total. The highest BCUT2D eigenvalue weighted by Gasteiger charge is 2.28. The third-order valence-electron chi connectivity index (χ3n) is 3.19. The van der Waals surface area contributed by atoms with E-state index in [4.69, 9.17) is 10.5 Å². The fourth-order valence-electron chi connectivity index (χ4n) is 2.16. The van der Waals surface area contributed by atoms with Crippen molar-refractivity contribution in [1.29, 1.82) is 0 Å². The maximum atomic E-state index is 12.2. The van der Waals surface area contributed by atoms with Gasteiger partial charge < -0.3 is 15.4 Å². The van der Waals surface area contributed by atoms with E-state index in [-0.39, 0.29) is 17.9 Å². The molecular weight excluding hydrogens is 204 g/mol. The lowest BCUT2D eigenvalue weighted by atomic mass is 9.95. The van der Waals surface area contributed by atoms with Crippen molar-refractivity contribution in [2.24, 2.45) is 17.6 Å². The van der Waals surface area contributed by atoms with Gasteiger partial charge in [-0.25, -0.2) is 0 Å². The van der Waals surface area contributed by atoms with E-state index in [1.54, 1.807) is 0 Å². The molecule has 0 spiro atoms. The fraction of sp³-hybridized carbons (Fsp3) is 0.917. The first kappa shape index (κ1) is 13.5. The second kappa shape index (κ2) is 6.21. The number of carbonyl (C=O) groups is 1. The summed E-state index contributed by atoms with van der Waals surface area (Å²) in [5.74, 6) is 0.642. The highest BCUT2D eigenvalue weighted by Crippen LogP contribution is 2.17. The van der Waals surface area contributed by atoms with E-state index < -0.39 is 0 Å². The Bertz CT molecular complexity index is 221. The van der Waals surface area contributed by atoms with E-state index in [0.29, 0.717) is 19.1 Å². The van der Waals surface area contributed by atoms with Gasteiger partial charge in [-0.3, -0.25) is 4.79 Å². The first-order valence-electron chi connectivity index (χ1n) is 6.10. The zero-order valence-electron chi connectivity index (χ0n) is 10.6. The molecule has 0 aromatic carbocycles. The van der Waals surface area contributed by atoms with Crippen LogP contribution in [0.25, 0.3) is 0 Å². The van der Waals surface area contributed by atoms with Gasteiger partial charge in [0.1, 0.15) is 0 Å². The summed E-state index contributed by atoms with van der Waals surface area (Å²) in [6.45, 7) is 6.11. The lowest BCUT2D eigenvalue weighted by Gasteiger charge is -2.28. The number of carbonyl (C=O) groups excluding carboxylic acids is 1. The zero-order valence-corrected chi connectivity index (χ0v) is 10.6. The number of rotatable bonds is 5. The maximum Gasteiger partial charge on any atom is 0.227 e. The monoisotopic (exact) mass is 228 g/mol. The van der Waals surface area contributed by atoms with Crippen LogP contribution in [-0.4, -0.2) is 43.7 Å². The molecule has 4 heteroatoms. The third kappa shape index (κ3) is 3.46. The molecule has 2 atom stereocenters. The van der Waals surface area contributed by atoms with E-state index in [1.165, 1.54) is 0 Å². The lowest BCUT2D eigenvalue weighted by Crippen LogP contribution is -2.43. The molecule has 4 nitrogen and oxygen atoms in total. The Balaban J connectivity index is 2.52. The summed E-state index contributed by atoms with van der Waals surface area (Å²) in [7, 11) is 1.87. The molecule has 1 rings (SSSR count). The Labute approximate surface area is 98.1 Å². The van der Waals surface area contributed by atoms with E-state index in [9.17, 15) is 4.79 Å². The summed E-state index contributed by atoms with van der Waals surface area (Å²) in [4.78, 5) is 14.0. The molecule has 1 aliphatic rings. The van der Waals surface area contributed by atoms with Crippen molar-refractivity contribution in [3.8, 4) is 0 Å². The molecular formula is C12H24N2O2. The number of hydrogen-bond donors (Lipinski definition) is 1. The largest absolute Gasteiger partial charge is 0.379 e. The summed E-state index contributed by atoms with van der Waals surface area (Å²) in [5.41, 5.74) is 5.68. The van der Waals surface area contributed by atoms with Crippen molar-refractivity contribution in [1.82, 2.24) is 4.90 Å². The van der Waals surface area contributed by atoms with Crippen molar-refractivity contribution in [3.05, 3.63) is 0 Å². The van der Waals surface area contributed by atoms with Gasteiger partial charge in [0.15, 0.2) is 0 Å². The van der Waals surface area contributed by atoms with Gasteiger partial charge in [-0.15, -0.1) is 0 Å². The molecule has 1 saturated heterocycles. The molecule has 1 aliphatic heterocycles. The molecule has 2 unspecified atom stereocenters. The van der Waals surface area contributed by atoms with Crippen LogP contribution in [0.3, 0.4) is 0 Å². The molecule has 0 saturated carbocycles. The average Bonchev–Trinajstić information content (AvgIpc) is 2.76. The minimum Gasteiger partial charge on any atom is -0.379 e. The van der Waals surface area contributed by atoms with E-state index in [2.05, 4.69) is 13.8 Å². The molecule has 0 aliphatic carbocycles. The van der Waals surface area contributed by atoms with Gasteiger partial charge in [0, 0.05) is 20.2 Å². The first-order chi connectivity index (χ1) is 7.56. The minimum atomic E-state index is -0.0365. The Hall–Kier alpha value is -0.610. The van der Waals surface area contributed by atoms with Crippen LogP contribution >= 0.6 is 0 Å². The predicted octanol–water partition coefficient (Wildman–Crippen LogP) is 0.855. The normalized spacial score (nSPS) is 22.4. The van der Waals surface area contributed by atoms with Crippen LogP contribution in [0.15, 0.2) is 0 Å². The zero-order chi connectivity index (χ0) is 12.1. The van der Waals surface area contributed by atoms with Crippen LogP contribution in [0.5, 0.6) is 0 Å². The van der Waals surface area contributed by atoms with Gasteiger partial charge in [-0.2, -0.15) is 0 Å². The van der Waals surface area contributed by atoms with Crippen molar-refractivity contribution >= 4 is 5.91 Å². The lowest BCUT2D eigenvalue weighted by molar-refractivity contribution is -0.136. The van der Waals surface area contributed by atoms with Gasteiger partial charge in [-0.05, 0) is 18.8 Å². The summed E-state index contributed by atoms with van der Waals surface area (Å²) in [6, 6.07) is 0.244. The van der Waals surface area contributed by atoms with E-state index in [0.717, 1.165) is 19.4 Å². The van der Waals surface area contributed by atoms with Gasteiger partial charge in [0.25, 0.3) is 0 Å². The summed E-state index contributed by atoms with van der Waals surface area (Å²) in [6.07, 6.45) is 1.81. The molecule has 1 amide bonds. The SMILES string of the molecule is CC(C)CC(CN)C(=O)N(C)C1CCOC1. The summed E-state index contributed by atoms with van der Waals surface area (Å²) < 4.78 is 5.30. The minimum absolute atomic E-state index is 0.0365. The van der Waals surface area contributed by atoms with Gasteiger partial charge >= 0.3 is 0 Å². The van der Waals surface area contributed by atoms with Crippen molar-refractivity contribution < 1.29 is 9.53 Å². The maximum absolute atomic E-state index is 12.2. The number of likely N-dealkylation sites (N-methyl/N-ethyl adjacent to an activating group) is 1. The molecule has 0 bridgehead atoms. The van der Waals surface area contributed by atoms with Crippen molar-refractivity contribution in [3.63, 3.8) is 0 Å². The smallest absolute Gasteiger partial charge is 0.227 e. The van der Waals surface area contributed by atoms with Crippen LogP contribution in [0.1, 0.15) is 26.7 Å². The van der Waals surface area contributed by atoms with Crippen LogP contribution in [0.4, 0.5) is 0 Å². The van der Waals surface area contributed by atoms with Crippen LogP contribution in [-0.2, 0) is 9.53 Å². The Morgan fingerprint density at radius 2 is 2.25 bits per heavy atom. The number of hydrogen-bond acceptors (Lipinski definition) is 3. The molecule has 1 fully saturated rings. The predicted molar refractivity (Wildman–Crippen MR) is 64.0 cm³/mol. The molecule has 94 valence electrons. The summed E-state index contributed by atoms with van der Waals surface area (Å²) in [5, 5.41) is 0. The number of ether oxygens (including phenoxy) is 1. The molecule has 0 radical (unpaired) electrons. The topological polar surface area (TPSA) is 55.6 Å². The van der Waals surface area contributed by atoms with Crippen molar-refractivity contribution in [2.45, 2.75) is 32.7 Å². The Morgan fingerprint density at radius 3 is 2.69 bits per heavy atom. The second-order valence-corrected chi connectivity index (χ2v) is 5.03. The number of nitrogens with zero attached hydrogens (tertiary/aromatic N) is 1. The average molecular weight is 228 g/mol. The van der Waals surface area contributed by atoms with E-state index in [1.807, 2.05) is 11.9 Å². The molecule has 0 aromatic heterocycles.